The second kappa shape index (κ2) is 7.50. The van der Waals surface area contributed by atoms with Crippen molar-refractivity contribution in [1.29, 1.82) is 0 Å². The summed E-state index contributed by atoms with van der Waals surface area (Å²) in [4.78, 5) is 10.6. The van der Waals surface area contributed by atoms with E-state index in [1.54, 1.807) is 0 Å². The summed E-state index contributed by atoms with van der Waals surface area (Å²) in [6, 6.07) is 9.30. The van der Waals surface area contributed by atoms with Crippen molar-refractivity contribution >= 4 is 5.97 Å². The average molecular weight is 250 g/mol. The molecule has 0 aliphatic carbocycles. The van der Waals surface area contributed by atoms with Gasteiger partial charge in [0.05, 0.1) is 0 Å². The van der Waals surface area contributed by atoms with Gasteiger partial charge in [0, 0.05) is 18.6 Å². The molecule has 1 atom stereocenters. The number of ether oxygens (including phenoxy) is 2. The Morgan fingerprint density at radius 1 is 1.39 bits per heavy atom. The molecule has 1 rings (SSSR count). The van der Waals surface area contributed by atoms with Crippen LogP contribution in [0.2, 0.25) is 0 Å². The van der Waals surface area contributed by atoms with E-state index in [0.717, 1.165) is 0 Å². The highest BCUT2D eigenvalue weighted by molar-refractivity contribution is 5.85. The summed E-state index contributed by atoms with van der Waals surface area (Å²) >= 11 is 0. The Kier molecular flexibility index (Phi) is 5.94. The second-order valence-electron chi connectivity index (χ2n) is 3.76. The van der Waals surface area contributed by atoms with Gasteiger partial charge in [-0.3, -0.25) is 0 Å². The Balaban J connectivity index is 2.50. The number of carboxylic acid groups (broad SMARTS) is 1. The van der Waals surface area contributed by atoms with Crippen LogP contribution in [0.25, 0.3) is 0 Å². The van der Waals surface area contributed by atoms with E-state index < -0.39 is 12.3 Å². The van der Waals surface area contributed by atoms with Gasteiger partial charge >= 0.3 is 5.97 Å². The molecule has 1 aromatic rings. The monoisotopic (exact) mass is 250 g/mol. The van der Waals surface area contributed by atoms with Crippen molar-refractivity contribution in [2.75, 3.05) is 6.61 Å². The van der Waals surface area contributed by atoms with Gasteiger partial charge in [0.15, 0.2) is 6.29 Å². The summed E-state index contributed by atoms with van der Waals surface area (Å²) in [5, 5.41) is 8.73. The summed E-state index contributed by atoms with van der Waals surface area (Å²) in [5.41, 5.74) is 0.163. The molecule has 4 nitrogen and oxygen atoms in total. The third kappa shape index (κ3) is 5.01. The van der Waals surface area contributed by atoms with E-state index in [4.69, 9.17) is 14.6 Å². The summed E-state index contributed by atoms with van der Waals surface area (Å²) < 4.78 is 11.0. The first kappa shape index (κ1) is 14.3. The lowest BCUT2D eigenvalue weighted by atomic mass is 10.1. The molecule has 98 valence electrons. The van der Waals surface area contributed by atoms with Gasteiger partial charge in [0.1, 0.15) is 5.75 Å². The average Bonchev–Trinajstić information content (AvgIpc) is 2.37. The highest BCUT2D eigenvalue weighted by Gasteiger charge is 2.13. The van der Waals surface area contributed by atoms with Crippen LogP contribution in [-0.2, 0) is 9.53 Å². The van der Waals surface area contributed by atoms with Gasteiger partial charge in [-0.15, -0.1) is 0 Å². The maximum absolute atomic E-state index is 10.6. The van der Waals surface area contributed by atoms with Crippen LogP contribution in [0.1, 0.15) is 19.8 Å². The molecule has 0 fully saturated rings. The zero-order valence-electron chi connectivity index (χ0n) is 10.5. The van der Waals surface area contributed by atoms with Crippen molar-refractivity contribution in [2.24, 2.45) is 0 Å². The van der Waals surface area contributed by atoms with E-state index in [1.807, 2.05) is 37.3 Å². The first-order chi connectivity index (χ1) is 8.63. The highest BCUT2D eigenvalue weighted by Crippen LogP contribution is 2.16. The molecule has 0 saturated carbocycles. The van der Waals surface area contributed by atoms with Crippen LogP contribution in [0.4, 0.5) is 0 Å². The highest BCUT2D eigenvalue weighted by atomic mass is 16.7. The van der Waals surface area contributed by atoms with Crippen molar-refractivity contribution in [1.82, 2.24) is 0 Å². The van der Waals surface area contributed by atoms with Crippen molar-refractivity contribution < 1.29 is 19.4 Å². The maximum atomic E-state index is 10.6. The summed E-state index contributed by atoms with van der Waals surface area (Å²) in [6.07, 6.45) is 0.356. The predicted octanol–water partition coefficient (Wildman–Crippen LogP) is 2.85. The fourth-order valence-electron chi connectivity index (χ4n) is 1.41. The standard InChI is InChI=1S/C14H18O4/c1-3-17-13(10-9-11(2)14(15)16)18-12-7-5-4-6-8-12/h4-8,13H,2-3,9-10H2,1H3,(H,15,16). The lowest BCUT2D eigenvalue weighted by Gasteiger charge is -2.18. The number of hydrogen-bond acceptors (Lipinski definition) is 3. The number of para-hydroxylation sites is 1. The molecule has 0 amide bonds. The fourth-order valence-corrected chi connectivity index (χ4v) is 1.41. The van der Waals surface area contributed by atoms with Gasteiger partial charge in [-0.05, 0) is 25.5 Å². The number of carboxylic acids is 1. The smallest absolute Gasteiger partial charge is 0.330 e. The summed E-state index contributed by atoms with van der Waals surface area (Å²) in [6.45, 7) is 5.86. The molecule has 0 heterocycles. The van der Waals surface area contributed by atoms with Crippen LogP contribution in [-0.4, -0.2) is 24.0 Å². The van der Waals surface area contributed by atoms with Gasteiger partial charge in [-0.25, -0.2) is 4.79 Å². The van der Waals surface area contributed by atoms with Gasteiger partial charge in [0.25, 0.3) is 0 Å². The van der Waals surface area contributed by atoms with Crippen molar-refractivity contribution in [3.05, 3.63) is 42.5 Å². The topological polar surface area (TPSA) is 55.8 Å². The van der Waals surface area contributed by atoms with E-state index in [-0.39, 0.29) is 5.57 Å². The van der Waals surface area contributed by atoms with Gasteiger partial charge < -0.3 is 14.6 Å². The molecular weight excluding hydrogens is 232 g/mol. The number of rotatable bonds is 8. The van der Waals surface area contributed by atoms with Crippen molar-refractivity contribution in [3.63, 3.8) is 0 Å². The van der Waals surface area contributed by atoms with Gasteiger partial charge in [-0.1, -0.05) is 24.8 Å². The molecule has 4 heteroatoms. The van der Waals surface area contributed by atoms with Crippen LogP contribution in [0.3, 0.4) is 0 Å². The van der Waals surface area contributed by atoms with Crippen LogP contribution >= 0.6 is 0 Å². The minimum absolute atomic E-state index is 0.163. The number of benzene rings is 1. The SMILES string of the molecule is C=C(CCC(OCC)Oc1ccccc1)C(=O)O. The molecule has 0 bridgehead atoms. The predicted molar refractivity (Wildman–Crippen MR) is 68.5 cm³/mol. The van der Waals surface area contributed by atoms with Crippen molar-refractivity contribution in [2.45, 2.75) is 26.1 Å². The molecule has 0 spiro atoms. The lowest BCUT2D eigenvalue weighted by Crippen LogP contribution is -2.21. The van der Waals surface area contributed by atoms with E-state index in [9.17, 15) is 4.79 Å². The van der Waals surface area contributed by atoms with Gasteiger partial charge in [-0.2, -0.15) is 0 Å². The largest absolute Gasteiger partial charge is 0.478 e. The Morgan fingerprint density at radius 2 is 2.06 bits per heavy atom. The molecule has 0 aliphatic rings. The number of aliphatic carboxylic acids is 1. The second-order valence-corrected chi connectivity index (χ2v) is 3.76. The first-order valence-corrected chi connectivity index (χ1v) is 5.88. The Bertz CT molecular complexity index is 386. The van der Waals surface area contributed by atoms with E-state index in [1.165, 1.54) is 0 Å². The Hall–Kier alpha value is -1.81. The van der Waals surface area contributed by atoms with Crippen LogP contribution in [0.5, 0.6) is 5.75 Å². The Labute approximate surface area is 107 Å². The zero-order valence-corrected chi connectivity index (χ0v) is 10.5. The first-order valence-electron chi connectivity index (χ1n) is 5.88. The molecule has 0 aromatic heterocycles. The normalized spacial score (nSPS) is 11.8. The molecule has 0 aliphatic heterocycles. The molecule has 18 heavy (non-hydrogen) atoms. The fraction of sp³-hybridized carbons (Fsp3) is 0.357. The molecule has 0 radical (unpaired) electrons. The molecular formula is C14H18O4. The van der Waals surface area contributed by atoms with Crippen LogP contribution in [0.15, 0.2) is 42.5 Å². The summed E-state index contributed by atoms with van der Waals surface area (Å²) in [7, 11) is 0. The third-order valence-electron chi connectivity index (χ3n) is 2.35. The molecule has 0 saturated heterocycles. The molecule has 1 aromatic carbocycles. The maximum Gasteiger partial charge on any atom is 0.330 e. The number of hydrogen-bond donors (Lipinski definition) is 1. The molecule has 1 unspecified atom stereocenters. The zero-order chi connectivity index (χ0) is 13.4. The summed E-state index contributed by atoms with van der Waals surface area (Å²) in [5.74, 6) is -0.276. The van der Waals surface area contributed by atoms with E-state index >= 15 is 0 Å². The van der Waals surface area contributed by atoms with E-state index in [0.29, 0.717) is 25.2 Å². The van der Waals surface area contributed by atoms with Gasteiger partial charge in [0.2, 0.25) is 0 Å². The minimum atomic E-state index is -0.982. The van der Waals surface area contributed by atoms with Crippen LogP contribution in [0, 0.1) is 0 Å². The quantitative estimate of drug-likeness (QED) is 0.569. The minimum Gasteiger partial charge on any atom is -0.478 e. The Morgan fingerprint density at radius 3 is 2.61 bits per heavy atom. The van der Waals surface area contributed by atoms with Crippen molar-refractivity contribution in [3.8, 4) is 5.75 Å². The molecule has 1 N–H and O–H groups in total. The van der Waals surface area contributed by atoms with E-state index in [2.05, 4.69) is 6.58 Å². The third-order valence-corrected chi connectivity index (χ3v) is 2.35. The lowest BCUT2D eigenvalue weighted by molar-refractivity contribution is -0.133. The van der Waals surface area contributed by atoms with Crippen LogP contribution < -0.4 is 4.74 Å². The number of carbonyl (C=O) groups is 1.